The summed E-state index contributed by atoms with van der Waals surface area (Å²) in [6.07, 6.45) is 2.70. The zero-order valence-corrected chi connectivity index (χ0v) is 20.9. The normalized spacial score (nSPS) is 21.5. The maximum Gasteiger partial charge on any atom is 0.277 e. The number of aryl methyl sites for hydroxylation is 1. The van der Waals surface area contributed by atoms with Gasteiger partial charge < -0.3 is 21.3 Å². The van der Waals surface area contributed by atoms with Crippen molar-refractivity contribution in [3.05, 3.63) is 41.7 Å². The molecule has 2 fully saturated rings. The van der Waals surface area contributed by atoms with Gasteiger partial charge in [0.25, 0.3) is 12.3 Å². The standard InChI is InChI=1S/C24H27F4N7OS/c1-34-23(35-8-3-6-24(7-9-35)10-16(24)30-12-17(27)28)15(11-31-34)32-21(36)19-20(29)37-22(33-19)18-13(25)4-2-5-14(18)26/h2,4-5,11,16-17,30H,3,6-10,12,29H2,1H3,(H,32,36). The van der Waals surface area contributed by atoms with Crippen LogP contribution in [0.3, 0.4) is 0 Å². The van der Waals surface area contributed by atoms with Crippen molar-refractivity contribution in [1.29, 1.82) is 0 Å². The number of hydrogen-bond acceptors (Lipinski definition) is 7. The highest BCUT2D eigenvalue weighted by Gasteiger charge is 2.53. The summed E-state index contributed by atoms with van der Waals surface area (Å²) in [5.74, 6) is -1.50. The van der Waals surface area contributed by atoms with Gasteiger partial charge in [0.05, 0.1) is 18.3 Å². The average molecular weight is 538 g/mol. The number of thiazole rings is 1. The molecule has 2 atom stereocenters. The number of amides is 1. The Hall–Kier alpha value is -3.19. The minimum atomic E-state index is -2.37. The first-order valence-corrected chi connectivity index (χ1v) is 12.8. The van der Waals surface area contributed by atoms with Crippen molar-refractivity contribution in [1.82, 2.24) is 20.1 Å². The second-order valence-corrected chi connectivity index (χ2v) is 10.6. The van der Waals surface area contributed by atoms with Crippen molar-refractivity contribution in [2.75, 3.05) is 35.6 Å². The number of rotatable bonds is 7. The van der Waals surface area contributed by atoms with Crippen LogP contribution in [0.15, 0.2) is 24.4 Å². The molecular weight excluding hydrogens is 510 g/mol. The molecule has 37 heavy (non-hydrogen) atoms. The first kappa shape index (κ1) is 25.5. The van der Waals surface area contributed by atoms with Crippen LogP contribution in [-0.4, -0.2) is 52.8 Å². The lowest BCUT2D eigenvalue weighted by molar-refractivity contribution is 0.102. The fourth-order valence-corrected chi connectivity index (χ4v) is 6.11. The van der Waals surface area contributed by atoms with E-state index in [1.54, 1.807) is 11.7 Å². The van der Waals surface area contributed by atoms with E-state index in [0.29, 0.717) is 18.1 Å². The summed E-state index contributed by atoms with van der Waals surface area (Å²) in [5.41, 5.74) is 6.02. The Balaban J connectivity index is 1.31. The zero-order chi connectivity index (χ0) is 26.3. The molecule has 1 saturated heterocycles. The first-order valence-electron chi connectivity index (χ1n) is 12.0. The van der Waals surface area contributed by atoms with Crippen molar-refractivity contribution in [2.45, 2.75) is 38.2 Å². The van der Waals surface area contributed by atoms with E-state index in [9.17, 15) is 22.4 Å². The highest BCUT2D eigenvalue weighted by atomic mass is 32.1. The van der Waals surface area contributed by atoms with E-state index in [0.717, 1.165) is 55.7 Å². The van der Waals surface area contributed by atoms with E-state index in [1.165, 1.54) is 12.3 Å². The smallest absolute Gasteiger partial charge is 0.277 e. The maximum atomic E-state index is 14.2. The summed E-state index contributed by atoms with van der Waals surface area (Å²) < 4.78 is 55.3. The molecule has 2 aromatic heterocycles. The number of aromatic nitrogens is 3. The molecule has 3 aromatic rings. The molecule has 1 aliphatic carbocycles. The number of nitrogens with two attached hydrogens (primary N) is 1. The molecule has 1 spiro atoms. The number of alkyl halides is 2. The summed E-state index contributed by atoms with van der Waals surface area (Å²) in [6.45, 7) is 1.12. The van der Waals surface area contributed by atoms with Crippen LogP contribution < -0.4 is 21.3 Å². The van der Waals surface area contributed by atoms with Crippen LogP contribution in [0.4, 0.5) is 34.1 Å². The van der Waals surface area contributed by atoms with Crippen molar-refractivity contribution in [3.63, 3.8) is 0 Å². The predicted molar refractivity (Wildman–Crippen MR) is 134 cm³/mol. The Morgan fingerprint density at radius 2 is 2.03 bits per heavy atom. The minimum absolute atomic E-state index is 0.0260. The predicted octanol–water partition coefficient (Wildman–Crippen LogP) is 4.26. The van der Waals surface area contributed by atoms with Crippen LogP contribution in [0.1, 0.15) is 36.2 Å². The van der Waals surface area contributed by atoms with Gasteiger partial charge in [0.15, 0.2) is 11.5 Å². The minimum Gasteiger partial charge on any atom is -0.389 e. The van der Waals surface area contributed by atoms with Crippen LogP contribution in [0.5, 0.6) is 0 Å². The lowest BCUT2D eigenvalue weighted by Crippen LogP contribution is -2.30. The van der Waals surface area contributed by atoms with E-state index >= 15 is 0 Å². The molecule has 2 aliphatic rings. The first-order chi connectivity index (χ1) is 17.7. The summed E-state index contributed by atoms with van der Waals surface area (Å²) in [4.78, 5) is 19.3. The average Bonchev–Trinajstić information content (AvgIpc) is 3.31. The van der Waals surface area contributed by atoms with Crippen LogP contribution in [0, 0.1) is 17.0 Å². The largest absolute Gasteiger partial charge is 0.389 e. The van der Waals surface area contributed by atoms with Crippen LogP contribution in [-0.2, 0) is 7.05 Å². The van der Waals surface area contributed by atoms with E-state index in [4.69, 9.17) is 5.73 Å². The molecule has 8 nitrogen and oxygen atoms in total. The number of hydrogen-bond donors (Lipinski definition) is 3. The quantitative estimate of drug-likeness (QED) is 0.390. The zero-order valence-electron chi connectivity index (χ0n) is 20.1. The Morgan fingerprint density at radius 3 is 2.76 bits per heavy atom. The molecule has 1 saturated carbocycles. The van der Waals surface area contributed by atoms with Gasteiger partial charge in [-0.2, -0.15) is 5.10 Å². The SMILES string of the molecule is Cn1ncc(NC(=O)c2nc(-c3c(F)cccc3F)sc2N)c1N1CCCC2(CC1)CC2NCC(F)F. The summed E-state index contributed by atoms with van der Waals surface area (Å²) >= 11 is 0.829. The summed E-state index contributed by atoms with van der Waals surface area (Å²) in [5, 5.41) is 10.1. The lowest BCUT2D eigenvalue weighted by atomic mass is 9.96. The maximum absolute atomic E-state index is 14.2. The fourth-order valence-electron chi connectivity index (χ4n) is 5.23. The van der Waals surface area contributed by atoms with Crippen molar-refractivity contribution < 1.29 is 22.4 Å². The number of carbonyl (C=O) groups excluding carboxylic acids is 1. The van der Waals surface area contributed by atoms with Gasteiger partial charge in [-0.25, -0.2) is 22.5 Å². The molecule has 1 aliphatic heterocycles. The van der Waals surface area contributed by atoms with Gasteiger partial charge in [-0.15, -0.1) is 0 Å². The second kappa shape index (κ2) is 9.93. The van der Waals surface area contributed by atoms with Gasteiger partial charge in [0, 0.05) is 26.2 Å². The van der Waals surface area contributed by atoms with E-state index in [2.05, 4.69) is 25.6 Å². The monoisotopic (exact) mass is 537 g/mol. The Morgan fingerprint density at radius 1 is 1.27 bits per heavy atom. The highest BCUT2D eigenvalue weighted by molar-refractivity contribution is 7.19. The molecule has 2 unspecified atom stereocenters. The second-order valence-electron chi connectivity index (χ2n) is 9.55. The van der Waals surface area contributed by atoms with Gasteiger partial charge in [0.1, 0.15) is 27.3 Å². The molecule has 3 heterocycles. The van der Waals surface area contributed by atoms with Crippen LogP contribution >= 0.6 is 11.3 Å². The topological polar surface area (TPSA) is 101 Å². The van der Waals surface area contributed by atoms with Gasteiger partial charge in [0.2, 0.25) is 0 Å². The Bertz CT molecular complexity index is 1290. The number of benzene rings is 1. The molecule has 1 amide bonds. The molecule has 0 radical (unpaired) electrons. The van der Waals surface area contributed by atoms with Gasteiger partial charge >= 0.3 is 0 Å². The van der Waals surface area contributed by atoms with Gasteiger partial charge in [-0.05, 0) is 43.2 Å². The number of halogens is 4. The number of nitrogens with zero attached hydrogens (tertiary/aromatic N) is 4. The number of carbonyl (C=O) groups is 1. The van der Waals surface area contributed by atoms with Gasteiger partial charge in [-0.1, -0.05) is 17.4 Å². The van der Waals surface area contributed by atoms with Crippen LogP contribution in [0.2, 0.25) is 0 Å². The Kier molecular flexibility index (Phi) is 6.84. The lowest BCUT2D eigenvalue weighted by Gasteiger charge is -2.24. The number of anilines is 3. The van der Waals surface area contributed by atoms with Crippen LogP contribution in [0.25, 0.3) is 10.6 Å². The molecule has 0 bridgehead atoms. The third-order valence-corrected chi connectivity index (χ3v) is 8.09. The van der Waals surface area contributed by atoms with Crippen molar-refractivity contribution in [2.24, 2.45) is 12.5 Å². The molecular formula is C24H27F4N7OS. The third kappa shape index (κ3) is 5.01. The fraction of sp³-hybridized carbons (Fsp3) is 0.458. The molecule has 13 heteroatoms. The number of nitrogen functional groups attached to an aromatic ring is 1. The number of nitrogens with one attached hydrogen (secondary N) is 2. The molecule has 5 rings (SSSR count). The molecule has 4 N–H and O–H groups in total. The van der Waals surface area contributed by atoms with E-state index < -0.39 is 24.0 Å². The summed E-state index contributed by atoms with van der Waals surface area (Å²) in [7, 11) is 1.77. The van der Waals surface area contributed by atoms with E-state index in [-0.39, 0.29) is 39.3 Å². The van der Waals surface area contributed by atoms with Gasteiger partial charge in [-0.3, -0.25) is 9.48 Å². The molecule has 198 valence electrons. The summed E-state index contributed by atoms with van der Waals surface area (Å²) in [6, 6.07) is 3.58. The molecule has 1 aromatic carbocycles. The third-order valence-electron chi connectivity index (χ3n) is 7.19. The Labute approximate surface area is 214 Å². The van der Waals surface area contributed by atoms with Crippen molar-refractivity contribution >= 4 is 33.8 Å². The van der Waals surface area contributed by atoms with E-state index in [1.807, 2.05) is 0 Å². The highest BCUT2D eigenvalue weighted by Crippen LogP contribution is 2.54. The van der Waals surface area contributed by atoms with Crippen molar-refractivity contribution in [3.8, 4) is 10.6 Å².